The molecular weight excluding hydrogens is 210 g/mol. The Kier molecular flexibility index (Phi) is 2.04. The van der Waals surface area contributed by atoms with Crippen LogP contribution in [0.2, 0.25) is 0 Å². The van der Waals surface area contributed by atoms with Crippen molar-refractivity contribution in [3.63, 3.8) is 0 Å². The second kappa shape index (κ2) is 3.49. The van der Waals surface area contributed by atoms with E-state index in [1.54, 1.807) is 0 Å². The third-order valence-corrected chi connectivity index (χ3v) is 4.92. The van der Waals surface area contributed by atoms with Crippen molar-refractivity contribution >= 4 is 0 Å². The van der Waals surface area contributed by atoms with Gasteiger partial charge in [0.25, 0.3) is 0 Å². The summed E-state index contributed by atoms with van der Waals surface area (Å²) in [5.41, 5.74) is 1.54. The maximum Gasteiger partial charge on any atom is 0.124 e. The minimum atomic E-state index is 0.155. The van der Waals surface area contributed by atoms with E-state index in [-0.39, 0.29) is 5.60 Å². The molecule has 1 aromatic carbocycles. The number of benzene rings is 1. The Morgan fingerprint density at radius 1 is 1.18 bits per heavy atom. The maximum atomic E-state index is 6.45. The SMILES string of the molecule is c1ccc2c(c1)O[C@@]13CCCC[C@@H]1[C@H]2NCC3. The van der Waals surface area contributed by atoms with E-state index < -0.39 is 0 Å². The first kappa shape index (κ1) is 9.95. The van der Waals surface area contributed by atoms with E-state index in [2.05, 4.69) is 29.6 Å². The van der Waals surface area contributed by atoms with Crippen molar-refractivity contribution in [2.24, 2.45) is 5.92 Å². The highest BCUT2D eigenvalue weighted by atomic mass is 16.5. The fraction of sp³-hybridized carbons (Fsp3) is 0.600. The molecule has 2 heterocycles. The molecule has 2 fully saturated rings. The van der Waals surface area contributed by atoms with E-state index in [4.69, 9.17) is 4.74 Å². The molecule has 1 aromatic rings. The number of ether oxygens (including phenoxy) is 1. The minimum absolute atomic E-state index is 0.155. The maximum absolute atomic E-state index is 6.45. The van der Waals surface area contributed by atoms with Gasteiger partial charge in [0.15, 0.2) is 0 Å². The Morgan fingerprint density at radius 2 is 2.12 bits per heavy atom. The quantitative estimate of drug-likeness (QED) is 0.738. The first-order valence-corrected chi connectivity index (χ1v) is 6.90. The van der Waals surface area contributed by atoms with Crippen molar-refractivity contribution < 1.29 is 4.74 Å². The lowest BCUT2D eigenvalue weighted by molar-refractivity contribution is -0.0817. The topological polar surface area (TPSA) is 21.3 Å². The van der Waals surface area contributed by atoms with Gasteiger partial charge in [-0.2, -0.15) is 0 Å². The zero-order valence-corrected chi connectivity index (χ0v) is 10.1. The van der Waals surface area contributed by atoms with Crippen molar-refractivity contribution in [3.8, 4) is 5.75 Å². The van der Waals surface area contributed by atoms with Crippen molar-refractivity contribution in [1.82, 2.24) is 5.32 Å². The summed E-state index contributed by atoms with van der Waals surface area (Å²) < 4.78 is 6.45. The molecule has 3 aliphatic rings. The summed E-state index contributed by atoms with van der Waals surface area (Å²) in [5, 5.41) is 3.72. The number of piperidine rings is 1. The van der Waals surface area contributed by atoms with Crippen LogP contribution in [0.5, 0.6) is 5.75 Å². The molecule has 17 heavy (non-hydrogen) atoms. The fourth-order valence-electron chi connectivity index (χ4n) is 4.15. The molecule has 90 valence electrons. The molecule has 2 nitrogen and oxygen atoms in total. The summed E-state index contributed by atoms with van der Waals surface area (Å²) >= 11 is 0. The molecule has 0 radical (unpaired) electrons. The summed E-state index contributed by atoms with van der Waals surface area (Å²) in [5.74, 6) is 1.82. The van der Waals surface area contributed by atoms with Gasteiger partial charge in [-0.05, 0) is 38.3 Å². The molecule has 0 spiro atoms. The molecular formula is C15H19NO. The van der Waals surface area contributed by atoms with Gasteiger partial charge in [0, 0.05) is 17.5 Å². The molecule has 2 heteroatoms. The third-order valence-electron chi connectivity index (χ3n) is 4.92. The minimum Gasteiger partial charge on any atom is -0.487 e. The standard InChI is InChI=1S/C15H19NO/c1-2-7-13-11(5-1)14-12-6-3-4-8-15(12,17-13)9-10-16-14/h1-2,5,7,12,14,16H,3-4,6,8-10H2/t12-,14+,15-/m1/s1. The van der Waals surface area contributed by atoms with Crippen LogP contribution in [0.4, 0.5) is 0 Å². The summed E-state index contributed by atoms with van der Waals surface area (Å²) in [6.07, 6.45) is 6.47. The van der Waals surface area contributed by atoms with E-state index in [1.165, 1.54) is 37.7 Å². The first-order valence-electron chi connectivity index (χ1n) is 6.90. The molecule has 3 atom stereocenters. The number of fused-ring (bicyclic) bond motifs is 2. The van der Waals surface area contributed by atoms with Gasteiger partial charge in [-0.3, -0.25) is 0 Å². The number of para-hydroxylation sites is 1. The van der Waals surface area contributed by atoms with Crippen molar-refractivity contribution in [2.45, 2.75) is 43.7 Å². The van der Waals surface area contributed by atoms with Gasteiger partial charge in [-0.25, -0.2) is 0 Å². The highest BCUT2D eigenvalue weighted by molar-refractivity contribution is 5.40. The predicted octanol–water partition coefficient (Wildman–Crippen LogP) is 3.04. The highest BCUT2D eigenvalue weighted by Crippen LogP contribution is 2.53. The molecule has 0 aromatic heterocycles. The van der Waals surface area contributed by atoms with Gasteiger partial charge in [-0.1, -0.05) is 24.6 Å². The third kappa shape index (κ3) is 1.30. The average molecular weight is 229 g/mol. The number of hydrogen-bond donors (Lipinski definition) is 1. The smallest absolute Gasteiger partial charge is 0.124 e. The largest absolute Gasteiger partial charge is 0.487 e. The lowest BCUT2D eigenvalue weighted by Gasteiger charge is -2.54. The van der Waals surface area contributed by atoms with E-state index in [1.807, 2.05) is 0 Å². The summed E-state index contributed by atoms with van der Waals surface area (Å²) in [7, 11) is 0. The average Bonchev–Trinajstić information content (AvgIpc) is 2.38. The van der Waals surface area contributed by atoms with E-state index in [0.717, 1.165) is 12.3 Å². The van der Waals surface area contributed by atoms with E-state index in [9.17, 15) is 0 Å². The second-order valence-corrected chi connectivity index (χ2v) is 5.74. The lowest BCUT2D eigenvalue weighted by atomic mass is 9.65. The fourth-order valence-corrected chi connectivity index (χ4v) is 4.15. The Labute approximate surface area is 102 Å². The summed E-state index contributed by atoms with van der Waals surface area (Å²) in [6.45, 7) is 1.11. The Balaban J connectivity index is 1.85. The zero-order chi connectivity index (χ0) is 11.3. The van der Waals surface area contributed by atoms with Crippen molar-refractivity contribution in [2.75, 3.05) is 6.54 Å². The van der Waals surface area contributed by atoms with Crippen molar-refractivity contribution in [3.05, 3.63) is 29.8 Å². The summed E-state index contributed by atoms with van der Waals surface area (Å²) in [6, 6.07) is 9.13. The van der Waals surface area contributed by atoms with Crippen LogP contribution < -0.4 is 10.1 Å². The van der Waals surface area contributed by atoms with Crippen LogP contribution in [-0.4, -0.2) is 12.1 Å². The highest BCUT2D eigenvalue weighted by Gasteiger charge is 2.52. The van der Waals surface area contributed by atoms with Gasteiger partial charge in [-0.15, -0.1) is 0 Å². The van der Waals surface area contributed by atoms with Crippen LogP contribution in [0.25, 0.3) is 0 Å². The monoisotopic (exact) mass is 229 g/mol. The zero-order valence-electron chi connectivity index (χ0n) is 10.1. The van der Waals surface area contributed by atoms with Crippen LogP contribution in [-0.2, 0) is 0 Å². The molecule has 1 saturated heterocycles. The van der Waals surface area contributed by atoms with Gasteiger partial charge in [0.05, 0.1) is 0 Å². The molecule has 1 N–H and O–H groups in total. The second-order valence-electron chi connectivity index (χ2n) is 5.74. The molecule has 2 bridgehead atoms. The Bertz CT molecular complexity index is 440. The van der Waals surface area contributed by atoms with Gasteiger partial charge >= 0.3 is 0 Å². The molecule has 2 aliphatic heterocycles. The van der Waals surface area contributed by atoms with Crippen molar-refractivity contribution in [1.29, 1.82) is 0 Å². The molecule has 1 saturated carbocycles. The lowest BCUT2D eigenvalue weighted by Crippen LogP contribution is -2.59. The normalized spacial score (nSPS) is 38.8. The molecule has 0 amide bonds. The van der Waals surface area contributed by atoms with Gasteiger partial charge in [0.1, 0.15) is 11.4 Å². The number of rotatable bonds is 0. The molecule has 1 aliphatic carbocycles. The number of nitrogens with one attached hydrogen (secondary N) is 1. The van der Waals surface area contributed by atoms with Crippen LogP contribution in [0.1, 0.15) is 43.7 Å². The van der Waals surface area contributed by atoms with Gasteiger partial charge in [0.2, 0.25) is 0 Å². The van der Waals surface area contributed by atoms with Crippen LogP contribution >= 0.6 is 0 Å². The summed E-state index contributed by atoms with van der Waals surface area (Å²) in [4.78, 5) is 0. The van der Waals surface area contributed by atoms with Crippen LogP contribution in [0, 0.1) is 5.92 Å². The van der Waals surface area contributed by atoms with E-state index >= 15 is 0 Å². The molecule has 0 unspecified atom stereocenters. The Morgan fingerprint density at radius 3 is 3.12 bits per heavy atom. The van der Waals surface area contributed by atoms with E-state index in [0.29, 0.717) is 12.0 Å². The van der Waals surface area contributed by atoms with Crippen LogP contribution in [0.15, 0.2) is 24.3 Å². The Hall–Kier alpha value is -1.02. The molecule has 4 rings (SSSR count). The van der Waals surface area contributed by atoms with Crippen LogP contribution in [0.3, 0.4) is 0 Å². The van der Waals surface area contributed by atoms with Gasteiger partial charge < -0.3 is 10.1 Å². The number of hydrogen-bond acceptors (Lipinski definition) is 2. The predicted molar refractivity (Wildman–Crippen MR) is 67.1 cm³/mol. The first-order chi connectivity index (χ1) is 8.39.